The van der Waals surface area contributed by atoms with Gasteiger partial charge in [0.2, 0.25) is 0 Å². The highest BCUT2D eigenvalue weighted by molar-refractivity contribution is 5.97. The first-order valence-electron chi connectivity index (χ1n) is 8.75. The van der Waals surface area contributed by atoms with E-state index in [4.69, 9.17) is 0 Å². The Hall–Kier alpha value is -2.81. The van der Waals surface area contributed by atoms with Crippen molar-refractivity contribution in [3.05, 3.63) is 48.3 Å². The zero-order valence-corrected chi connectivity index (χ0v) is 14.9. The van der Waals surface area contributed by atoms with Crippen molar-refractivity contribution in [1.29, 1.82) is 0 Å². The van der Waals surface area contributed by atoms with E-state index in [9.17, 15) is 13.6 Å². The molecule has 0 saturated carbocycles. The summed E-state index contributed by atoms with van der Waals surface area (Å²) in [6.45, 7) is 0.0932. The molecule has 1 aliphatic rings. The summed E-state index contributed by atoms with van der Waals surface area (Å²) >= 11 is 0. The first kappa shape index (κ1) is 17.6. The molecular formula is C18H20F2N6O. The number of imidazole rings is 2. The van der Waals surface area contributed by atoms with Gasteiger partial charge in [-0.3, -0.25) is 14.3 Å². The third-order valence-corrected chi connectivity index (χ3v) is 4.96. The smallest absolute Gasteiger partial charge is 0.319 e. The molecule has 4 rings (SSSR count). The molecule has 0 atom stereocenters. The quantitative estimate of drug-likeness (QED) is 0.702. The molecule has 0 unspecified atom stereocenters. The average Bonchev–Trinajstić information content (AvgIpc) is 3.28. The number of hydrogen-bond donors (Lipinski definition) is 0. The molecule has 3 aromatic rings. The maximum Gasteiger partial charge on any atom is 0.319 e. The maximum atomic E-state index is 12.9. The van der Waals surface area contributed by atoms with Crippen molar-refractivity contribution in [3.8, 4) is 0 Å². The molecule has 9 heteroatoms. The predicted octanol–water partition coefficient (Wildman–Crippen LogP) is 2.12. The van der Waals surface area contributed by atoms with Gasteiger partial charge in [-0.05, 0) is 18.2 Å². The zero-order chi connectivity index (χ0) is 19.0. The summed E-state index contributed by atoms with van der Waals surface area (Å²) in [5.74, 6) is 0.307. The van der Waals surface area contributed by atoms with E-state index in [0.29, 0.717) is 44.1 Å². The SMILES string of the molecule is Cn1cnc2cc(C(=O)N3CCN(Cc4nccn4C(F)F)CC3)ccc21. The van der Waals surface area contributed by atoms with Crippen LogP contribution in [0.25, 0.3) is 11.0 Å². The standard InChI is InChI=1S/C18H20F2N6O/c1-23-12-22-14-10-13(2-3-15(14)23)17(27)25-8-6-24(7-9-25)11-16-21-4-5-26(16)18(19)20/h2-5,10,12,18H,6-9,11H2,1H3. The van der Waals surface area contributed by atoms with Gasteiger partial charge in [0.1, 0.15) is 5.82 Å². The van der Waals surface area contributed by atoms with Crippen molar-refractivity contribution in [2.45, 2.75) is 13.1 Å². The monoisotopic (exact) mass is 374 g/mol. The van der Waals surface area contributed by atoms with Crippen LogP contribution in [0.3, 0.4) is 0 Å². The van der Waals surface area contributed by atoms with Crippen LogP contribution in [0, 0.1) is 0 Å². The van der Waals surface area contributed by atoms with E-state index in [0.717, 1.165) is 15.6 Å². The normalized spacial score (nSPS) is 15.8. The number of aromatic nitrogens is 4. The third kappa shape index (κ3) is 3.42. The molecule has 0 spiro atoms. The third-order valence-electron chi connectivity index (χ3n) is 4.96. The van der Waals surface area contributed by atoms with Gasteiger partial charge < -0.3 is 9.47 Å². The van der Waals surface area contributed by atoms with Gasteiger partial charge in [0.15, 0.2) is 0 Å². The van der Waals surface area contributed by atoms with Gasteiger partial charge in [0.25, 0.3) is 5.91 Å². The molecule has 1 aliphatic heterocycles. The second-order valence-corrected chi connectivity index (χ2v) is 6.66. The van der Waals surface area contributed by atoms with Gasteiger partial charge in [-0.1, -0.05) is 0 Å². The Balaban J connectivity index is 1.39. The van der Waals surface area contributed by atoms with Crippen LogP contribution in [-0.2, 0) is 13.6 Å². The number of carbonyl (C=O) groups excluding carboxylic acids is 1. The van der Waals surface area contributed by atoms with E-state index in [1.807, 2.05) is 34.7 Å². The molecular weight excluding hydrogens is 354 g/mol. The maximum absolute atomic E-state index is 12.9. The van der Waals surface area contributed by atoms with Crippen molar-refractivity contribution < 1.29 is 13.6 Å². The second-order valence-electron chi connectivity index (χ2n) is 6.66. The Morgan fingerprint density at radius 3 is 2.70 bits per heavy atom. The summed E-state index contributed by atoms with van der Waals surface area (Å²) in [5.41, 5.74) is 2.38. The number of nitrogens with zero attached hydrogens (tertiary/aromatic N) is 6. The van der Waals surface area contributed by atoms with Crippen molar-refractivity contribution in [2.75, 3.05) is 26.2 Å². The van der Waals surface area contributed by atoms with Crippen LogP contribution in [0.15, 0.2) is 36.9 Å². The van der Waals surface area contributed by atoms with Gasteiger partial charge >= 0.3 is 6.55 Å². The minimum Gasteiger partial charge on any atom is -0.336 e. The first-order chi connectivity index (χ1) is 13.0. The van der Waals surface area contributed by atoms with Crippen LogP contribution in [0.2, 0.25) is 0 Å². The number of amides is 1. The highest BCUT2D eigenvalue weighted by atomic mass is 19.3. The fourth-order valence-corrected chi connectivity index (χ4v) is 3.40. The number of benzene rings is 1. The lowest BCUT2D eigenvalue weighted by Crippen LogP contribution is -2.48. The molecule has 1 fully saturated rings. The van der Waals surface area contributed by atoms with E-state index in [1.54, 1.807) is 11.2 Å². The molecule has 0 bridgehead atoms. The lowest BCUT2D eigenvalue weighted by Gasteiger charge is -2.34. The second kappa shape index (κ2) is 7.07. The number of carbonyl (C=O) groups is 1. The van der Waals surface area contributed by atoms with Crippen LogP contribution in [0.5, 0.6) is 0 Å². The molecule has 7 nitrogen and oxygen atoms in total. The van der Waals surface area contributed by atoms with Crippen LogP contribution >= 0.6 is 0 Å². The zero-order valence-electron chi connectivity index (χ0n) is 14.9. The van der Waals surface area contributed by atoms with Gasteiger partial charge in [0, 0.05) is 51.2 Å². The summed E-state index contributed by atoms with van der Waals surface area (Å²) in [6.07, 6.45) is 4.39. The summed E-state index contributed by atoms with van der Waals surface area (Å²) in [4.78, 5) is 24.9. The number of piperazine rings is 1. The molecule has 27 heavy (non-hydrogen) atoms. The highest BCUT2D eigenvalue weighted by Crippen LogP contribution is 2.18. The Morgan fingerprint density at radius 1 is 1.19 bits per heavy atom. The van der Waals surface area contributed by atoms with E-state index >= 15 is 0 Å². The van der Waals surface area contributed by atoms with E-state index < -0.39 is 6.55 Å². The van der Waals surface area contributed by atoms with E-state index in [2.05, 4.69) is 9.97 Å². The molecule has 0 aliphatic carbocycles. The molecule has 0 N–H and O–H groups in total. The first-order valence-corrected chi connectivity index (χ1v) is 8.75. The molecule has 1 saturated heterocycles. The number of halogens is 2. The van der Waals surface area contributed by atoms with Crippen LogP contribution in [-0.4, -0.2) is 61.0 Å². The minimum atomic E-state index is -2.59. The van der Waals surface area contributed by atoms with Gasteiger partial charge in [-0.2, -0.15) is 8.78 Å². The summed E-state index contributed by atoms with van der Waals surface area (Å²) in [6, 6.07) is 5.53. The highest BCUT2D eigenvalue weighted by Gasteiger charge is 2.24. The van der Waals surface area contributed by atoms with Gasteiger partial charge in [0.05, 0.1) is 23.9 Å². The molecule has 142 valence electrons. The topological polar surface area (TPSA) is 59.2 Å². The van der Waals surface area contributed by atoms with Crippen LogP contribution in [0.1, 0.15) is 22.7 Å². The van der Waals surface area contributed by atoms with Gasteiger partial charge in [-0.25, -0.2) is 9.97 Å². The van der Waals surface area contributed by atoms with Crippen LogP contribution in [0.4, 0.5) is 8.78 Å². The molecule has 1 amide bonds. The van der Waals surface area contributed by atoms with Gasteiger partial charge in [-0.15, -0.1) is 0 Å². The predicted molar refractivity (Wildman–Crippen MR) is 95.4 cm³/mol. The Kier molecular flexibility index (Phi) is 4.61. The lowest BCUT2D eigenvalue weighted by atomic mass is 10.1. The average molecular weight is 374 g/mol. The number of alkyl halides is 2. The summed E-state index contributed by atoms with van der Waals surface area (Å²) in [5, 5.41) is 0. The largest absolute Gasteiger partial charge is 0.336 e. The fraction of sp³-hybridized carbons (Fsp3) is 0.389. The fourth-order valence-electron chi connectivity index (χ4n) is 3.40. The summed E-state index contributed by atoms with van der Waals surface area (Å²) < 4.78 is 28.6. The molecule has 2 aromatic heterocycles. The number of rotatable bonds is 4. The molecule has 0 radical (unpaired) electrons. The van der Waals surface area contributed by atoms with Crippen molar-refractivity contribution >= 4 is 16.9 Å². The van der Waals surface area contributed by atoms with Crippen molar-refractivity contribution in [3.63, 3.8) is 0 Å². The van der Waals surface area contributed by atoms with E-state index in [-0.39, 0.29) is 5.91 Å². The van der Waals surface area contributed by atoms with Crippen molar-refractivity contribution in [1.82, 2.24) is 28.9 Å². The minimum absolute atomic E-state index is 0.0312. The van der Waals surface area contributed by atoms with Crippen LogP contribution < -0.4 is 0 Å². The van der Waals surface area contributed by atoms with E-state index in [1.165, 1.54) is 12.4 Å². The van der Waals surface area contributed by atoms with Crippen molar-refractivity contribution in [2.24, 2.45) is 7.05 Å². The number of hydrogen-bond acceptors (Lipinski definition) is 4. The molecule has 1 aromatic carbocycles. The Bertz CT molecular complexity index is 958. The Morgan fingerprint density at radius 2 is 1.96 bits per heavy atom. The number of aryl methyl sites for hydroxylation is 1. The summed E-state index contributed by atoms with van der Waals surface area (Å²) in [7, 11) is 1.91. The lowest BCUT2D eigenvalue weighted by molar-refractivity contribution is 0.0555. The number of fused-ring (bicyclic) bond motifs is 1. The Labute approximate surface area is 154 Å². The molecule has 3 heterocycles.